The first-order valence-corrected chi connectivity index (χ1v) is 5.95. The maximum atomic E-state index is 11.7. The average molecular weight is 264 g/mol. The molecule has 0 saturated carbocycles. The van der Waals surface area contributed by atoms with Gasteiger partial charge in [0.05, 0.1) is 18.4 Å². The minimum Gasteiger partial charge on any atom is -0.347 e. The van der Waals surface area contributed by atoms with Crippen molar-refractivity contribution >= 4 is 5.91 Å². The Morgan fingerprint density at radius 3 is 3.00 bits per heavy atom. The van der Waals surface area contributed by atoms with Crippen LogP contribution in [-0.2, 0) is 31.0 Å². The molecule has 0 saturated heterocycles. The van der Waals surface area contributed by atoms with E-state index < -0.39 is 0 Å². The maximum absolute atomic E-state index is 11.7. The molecule has 19 heavy (non-hydrogen) atoms. The van der Waals surface area contributed by atoms with Crippen LogP contribution >= 0.6 is 0 Å². The highest BCUT2D eigenvalue weighted by Gasteiger charge is 2.07. The van der Waals surface area contributed by atoms with Gasteiger partial charge in [-0.15, -0.1) is 15.3 Å². The van der Waals surface area contributed by atoms with Gasteiger partial charge in [0.15, 0.2) is 5.82 Å². The van der Waals surface area contributed by atoms with Gasteiger partial charge in [-0.25, -0.2) is 4.68 Å². The fourth-order valence-electron chi connectivity index (χ4n) is 1.57. The van der Waals surface area contributed by atoms with Gasteiger partial charge in [0.2, 0.25) is 5.91 Å². The maximum Gasteiger partial charge on any atom is 0.242 e. The molecule has 0 aliphatic carbocycles. The first kappa shape index (κ1) is 13.1. The molecule has 0 aliphatic rings. The zero-order valence-corrected chi connectivity index (χ0v) is 10.7. The van der Waals surface area contributed by atoms with E-state index in [1.165, 1.54) is 4.68 Å². The SMILES string of the molecule is CCn1cnnc1CNC(=O)Cn1cc(CN)nn1. The highest BCUT2D eigenvalue weighted by Crippen LogP contribution is 1.95. The Balaban J connectivity index is 1.84. The first-order chi connectivity index (χ1) is 9.22. The Kier molecular flexibility index (Phi) is 4.18. The number of aryl methyl sites for hydroxylation is 1. The van der Waals surface area contributed by atoms with Crippen molar-refractivity contribution in [1.29, 1.82) is 0 Å². The van der Waals surface area contributed by atoms with Crippen LogP contribution in [0.25, 0.3) is 0 Å². The molecule has 0 spiro atoms. The van der Waals surface area contributed by atoms with E-state index in [-0.39, 0.29) is 12.5 Å². The zero-order valence-electron chi connectivity index (χ0n) is 10.7. The van der Waals surface area contributed by atoms with Gasteiger partial charge >= 0.3 is 0 Å². The summed E-state index contributed by atoms with van der Waals surface area (Å²) in [5.74, 6) is 0.552. The van der Waals surface area contributed by atoms with Crippen LogP contribution in [0.3, 0.4) is 0 Å². The number of nitrogens with one attached hydrogen (secondary N) is 1. The van der Waals surface area contributed by atoms with E-state index in [1.807, 2.05) is 11.5 Å². The number of carbonyl (C=O) groups is 1. The number of nitrogens with two attached hydrogens (primary N) is 1. The van der Waals surface area contributed by atoms with Crippen molar-refractivity contribution in [3.63, 3.8) is 0 Å². The van der Waals surface area contributed by atoms with Crippen LogP contribution in [0.1, 0.15) is 18.4 Å². The van der Waals surface area contributed by atoms with E-state index in [9.17, 15) is 4.79 Å². The number of aromatic nitrogens is 6. The van der Waals surface area contributed by atoms with Crippen molar-refractivity contribution in [1.82, 2.24) is 35.1 Å². The summed E-state index contributed by atoms with van der Waals surface area (Å²) in [6.07, 6.45) is 3.28. The highest BCUT2D eigenvalue weighted by molar-refractivity contribution is 5.75. The van der Waals surface area contributed by atoms with E-state index in [1.54, 1.807) is 12.5 Å². The van der Waals surface area contributed by atoms with Crippen molar-refractivity contribution in [2.75, 3.05) is 0 Å². The zero-order chi connectivity index (χ0) is 13.7. The quantitative estimate of drug-likeness (QED) is 0.667. The number of carbonyl (C=O) groups excluding carboxylic acids is 1. The molecule has 3 N–H and O–H groups in total. The van der Waals surface area contributed by atoms with Gasteiger partial charge in [-0.2, -0.15) is 0 Å². The third kappa shape index (κ3) is 3.35. The van der Waals surface area contributed by atoms with Gasteiger partial charge in [0.25, 0.3) is 0 Å². The third-order valence-corrected chi connectivity index (χ3v) is 2.58. The number of nitrogens with zero attached hydrogens (tertiary/aromatic N) is 6. The molecule has 0 atom stereocenters. The van der Waals surface area contributed by atoms with Crippen molar-refractivity contribution in [3.05, 3.63) is 24.0 Å². The van der Waals surface area contributed by atoms with Crippen LogP contribution in [0.5, 0.6) is 0 Å². The van der Waals surface area contributed by atoms with Gasteiger partial charge in [-0.1, -0.05) is 5.21 Å². The van der Waals surface area contributed by atoms with Gasteiger partial charge in [-0.3, -0.25) is 4.79 Å². The van der Waals surface area contributed by atoms with Crippen LogP contribution in [0, 0.1) is 0 Å². The topological polar surface area (TPSA) is 117 Å². The van der Waals surface area contributed by atoms with Gasteiger partial charge in [0, 0.05) is 13.1 Å². The Hall–Kier alpha value is -2.29. The lowest BCUT2D eigenvalue weighted by atomic mass is 10.5. The van der Waals surface area contributed by atoms with Crippen molar-refractivity contribution in [3.8, 4) is 0 Å². The lowest BCUT2D eigenvalue weighted by Gasteiger charge is -2.05. The summed E-state index contributed by atoms with van der Waals surface area (Å²) in [6.45, 7) is 3.50. The molecule has 0 aromatic carbocycles. The Morgan fingerprint density at radius 2 is 2.32 bits per heavy atom. The summed E-state index contributed by atoms with van der Waals surface area (Å²) in [7, 11) is 0. The second-order valence-corrected chi connectivity index (χ2v) is 3.92. The predicted octanol–water partition coefficient (Wildman–Crippen LogP) is -1.34. The minimum absolute atomic E-state index is 0.104. The van der Waals surface area contributed by atoms with E-state index in [0.29, 0.717) is 18.8 Å². The summed E-state index contributed by atoms with van der Waals surface area (Å²) < 4.78 is 3.31. The minimum atomic E-state index is -0.167. The van der Waals surface area contributed by atoms with E-state index in [4.69, 9.17) is 5.73 Å². The normalized spacial score (nSPS) is 10.6. The van der Waals surface area contributed by atoms with E-state index in [0.717, 1.165) is 12.4 Å². The lowest BCUT2D eigenvalue weighted by Crippen LogP contribution is -2.28. The largest absolute Gasteiger partial charge is 0.347 e. The molecular weight excluding hydrogens is 248 g/mol. The molecule has 9 heteroatoms. The van der Waals surface area contributed by atoms with Gasteiger partial charge in [0.1, 0.15) is 12.9 Å². The molecule has 102 valence electrons. The second-order valence-electron chi connectivity index (χ2n) is 3.92. The van der Waals surface area contributed by atoms with Crippen molar-refractivity contribution in [2.45, 2.75) is 33.1 Å². The van der Waals surface area contributed by atoms with Crippen molar-refractivity contribution in [2.24, 2.45) is 5.73 Å². The summed E-state index contributed by atoms with van der Waals surface area (Å²) in [5.41, 5.74) is 6.07. The first-order valence-electron chi connectivity index (χ1n) is 5.95. The Bertz CT molecular complexity index is 545. The molecule has 1 amide bonds. The van der Waals surface area contributed by atoms with E-state index in [2.05, 4.69) is 25.8 Å². The van der Waals surface area contributed by atoms with Crippen molar-refractivity contribution < 1.29 is 4.79 Å². The molecule has 0 bridgehead atoms. The molecular formula is C10H16N8O. The lowest BCUT2D eigenvalue weighted by molar-refractivity contribution is -0.122. The Labute approximate surface area is 109 Å². The average Bonchev–Trinajstić information content (AvgIpc) is 3.04. The number of amides is 1. The molecule has 2 rings (SSSR count). The summed E-state index contributed by atoms with van der Waals surface area (Å²) in [6, 6.07) is 0. The van der Waals surface area contributed by atoms with Crippen LogP contribution in [0.2, 0.25) is 0 Å². The van der Waals surface area contributed by atoms with Crippen LogP contribution < -0.4 is 11.1 Å². The number of hydrogen-bond acceptors (Lipinski definition) is 6. The van der Waals surface area contributed by atoms with Gasteiger partial charge < -0.3 is 15.6 Å². The van der Waals surface area contributed by atoms with Crippen LogP contribution in [0.15, 0.2) is 12.5 Å². The third-order valence-electron chi connectivity index (χ3n) is 2.58. The predicted molar refractivity (Wildman–Crippen MR) is 65.5 cm³/mol. The molecule has 2 aromatic heterocycles. The molecule has 2 aromatic rings. The molecule has 0 fully saturated rings. The molecule has 0 radical (unpaired) electrons. The monoisotopic (exact) mass is 264 g/mol. The fourth-order valence-corrected chi connectivity index (χ4v) is 1.57. The molecule has 9 nitrogen and oxygen atoms in total. The summed E-state index contributed by atoms with van der Waals surface area (Å²) in [5, 5.41) is 18.1. The highest BCUT2D eigenvalue weighted by atomic mass is 16.2. The van der Waals surface area contributed by atoms with Crippen LogP contribution in [-0.4, -0.2) is 35.7 Å². The van der Waals surface area contributed by atoms with Gasteiger partial charge in [-0.05, 0) is 6.92 Å². The number of rotatable bonds is 6. The summed E-state index contributed by atoms with van der Waals surface area (Å²) in [4.78, 5) is 11.7. The molecule has 0 aliphatic heterocycles. The fraction of sp³-hybridized carbons (Fsp3) is 0.500. The molecule has 0 unspecified atom stereocenters. The standard InChI is InChI=1S/C10H16N8O/c1-2-17-7-13-15-9(17)4-12-10(19)6-18-5-8(3-11)14-16-18/h5,7H,2-4,6,11H2,1H3,(H,12,19). The number of hydrogen-bond donors (Lipinski definition) is 2. The summed E-state index contributed by atoms with van der Waals surface area (Å²) >= 11 is 0. The second kappa shape index (κ2) is 6.05. The Morgan fingerprint density at radius 1 is 1.47 bits per heavy atom. The molecule has 2 heterocycles. The van der Waals surface area contributed by atoms with Crippen LogP contribution in [0.4, 0.5) is 0 Å². The van der Waals surface area contributed by atoms with E-state index >= 15 is 0 Å². The smallest absolute Gasteiger partial charge is 0.242 e.